The molecule has 5 nitrogen and oxygen atoms in total. The summed E-state index contributed by atoms with van der Waals surface area (Å²) < 4.78 is 5.55. The Balaban J connectivity index is 1.37. The number of nitrogens with one attached hydrogen (secondary N) is 2. The molecule has 3 N–H and O–H groups in total. The van der Waals surface area contributed by atoms with Crippen LogP contribution in [0, 0.1) is 0 Å². The van der Waals surface area contributed by atoms with Crippen molar-refractivity contribution in [3.05, 3.63) is 102 Å². The lowest BCUT2D eigenvalue weighted by atomic mass is 9.99. The predicted octanol–water partition coefficient (Wildman–Crippen LogP) is 2.93. The Labute approximate surface area is 172 Å². The van der Waals surface area contributed by atoms with Crippen molar-refractivity contribution in [1.29, 1.82) is 0 Å². The molecule has 0 aliphatic rings. The van der Waals surface area contributed by atoms with E-state index in [0.29, 0.717) is 19.8 Å². The lowest BCUT2D eigenvalue weighted by Crippen LogP contribution is -2.36. The fourth-order valence-electron chi connectivity index (χ4n) is 3.15. The van der Waals surface area contributed by atoms with Crippen molar-refractivity contribution >= 4 is 0 Å². The van der Waals surface area contributed by atoms with Crippen molar-refractivity contribution in [1.82, 2.24) is 15.6 Å². The molecule has 0 radical (unpaired) electrons. The number of aromatic nitrogens is 1. The van der Waals surface area contributed by atoms with Gasteiger partial charge < -0.3 is 20.5 Å². The highest BCUT2D eigenvalue weighted by molar-refractivity contribution is 5.31. The lowest BCUT2D eigenvalue weighted by molar-refractivity contribution is 0.0289. The first-order valence-corrected chi connectivity index (χ1v) is 10.0. The number of hydrogen-bond acceptors (Lipinski definition) is 5. The van der Waals surface area contributed by atoms with Gasteiger partial charge in [0, 0.05) is 32.0 Å². The minimum atomic E-state index is -0.536. The molecule has 0 saturated heterocycles. The molecule has 5 heteroatoms. The van der Waals surface area contributed by atoms with Crippen LogP contribution in [0.15, 0.2) is 85.2 Å². The fraction of sp³-hybridized carbons (Fsp3) is 0.292. The van der Waals surface area contributed by atoms with Gasteiger partial charge in [-0.05, 0) is 22.8 Å². The van der Waals surface area contributed by atoms with Gasteiger partial charge in [0.15, 0.2) is 0 Å². The van der Waals surface area contributed by atoms with Gasteiger partial charge in [-0.2, -0.15) is 0 Å². The number of pyridine rings is 1. The molecule has 0 bridgehead atoms. The topological polar surface area (TPSA) is 66.4 Å². The molecule has 29 heavy (non-hydrogen) atoms. The highest BCUT2D eigenvalue weighted by Gasteiger charge is 2.12. The lowest BCUT2D eigenvalue weighted by Gasteiger charge is -2.20. The SMILES string of the molecule is OC(CNCCNC(c1ccccc1)c1ccccc1)COCc1cccnc1. The van der Waals surface area contributed by atoms with Crippen LogP contribution in [0.4, 0.5) is 0 Å². The molecule has 1 atom stereocenters. The quantitative estimate of drug-likeness (QED) is 0.414. The van der Waals surface area contributed by atoms with Gasteiger partial charge in [-0.15, -0.1) is 0 Å². The Morgan fingerprint density at radius 3 is 2.17 bits per heavy atom. The third-order valence-corrected chi connectivity index (χ3v) is 4.60. The largest absolute Gasteiger partial charge is 0.389 e. The van der Waals surface area contributed by atoms with Crippen molar-refractivity contribution in [2.24, 2.45) is 0 Å². The number of benzene rings is 2. The zero-order valence-corrected chi connectivity index (χ0v) is 16.6. The van der Waals surface area contributed by atoms with E-state index in [0.717, 1.165) is 18.7 Å². The van der Waals surface area contributed by atoms with E-state index in [1.54, 1.807) is 12.4 Å². The zero-order chi connectivity index (χ0) is 20.2. The summed E-state index contributed by atoms with van der Waals surface area (Å²) >= 11 is 0. The maximum atomic E-state index is 10.1. The number of hydrogen-bond donors (Lipinski definition) is 3. The molecule has 1 unspecified atom stereocenters. The standard InChI is InChI=1S/C24H29N3O2/c28-23(19-29-18-20-8-7-13-25-16-20)17-26-14-15-27-24(21-9-3-1-4-10-21)22-11-5-2-6-12-22/h1-13,16,23-24,26-28H,14-15,17-19H2. The van der Waals surface area contributed by atoms with Crippen LogP contribution in [0.1, 0.15) is 22.7 Å². The second-order valence-corrected chi connectivity index (χ2v) is 6.94. The molecular formula is C24H29N3O2. The van der Waals surface area contributed by atoms with Gasteiger partial charge in [0.1, 0.15) is 0 Å². The molecule has 0 aliphatic carbocycles. The molecular weight excluding hydrogens is 362 g/mol. The third kappa shape index (κ3) is 7.40. The summed E-state index contributed by atoms with van der Waals surface area (Å²) in [5.74, 6) is 0. The molecule has 0 spiro atoms. The third-order valence-electron chi connectivity index (χ3n) is 4.60. The molecule has 3 rings (SSSR count). The number of nitrogens with zero attached hydrogens (tertiary/aromatic N) is 1. The van der Waals surface area contributed by atoms with Gasteiger partial charge in [-0.3, -0.25) is 4.98 Å². The monoisotopic (exact) mass is 391 g/mol. The van der Waals surface area contributed by atoms with Crippen molar-refractivity contribution in [3.63, 3.8) is 0 Å². The molecule has 1 heterocycles. The molecule has 0 saturated carbocycles. The fourth-order valence-corrected chi connectivity index (χ4v) is 3.15. The smallest absolute Gasteiger partial charge is 0.0897 e. The van der Waals surface area contributed by atoms with E-state index in [2.05, 4.69) is 64.1 Å². The molecule has 1 aromatic heterocycles. The van der Waals surface area contributed by atoms with Crippen LogP contribution in [0.2, 0.25) is 0 Å². The Bertz CT molecular complexity index is 761. The second-order valence-electron chi connectivity index (χ2n) is 6.94. The van der Waals surface area contributed by atoms with E-state index in [4.69, 9.17) is 4.74 Å². The van der Waals surface area contributed by atoms with E-state index in [9.17, 15) is 5.11 Å². The highest BCUT2D eigenvalue weighted by atomic mass is 16.5. The molecule has 3 aromatic rings. The summed E-state index contributed by atoms with van der Waals surface area (Å²) in [6, 6.07) is 24.9. The maximum Gasteiger partial charge on any atom is 0.0897 e. The summed E-state index contributed by atoms with van der Waals surface area (Å²) in [4.78, 5) is 4.05. The van der Waals surface area contributed by atoms with E-state index in [1.165, 1.54) is 11.1 Å². The summed E-state index contributed by atoms with van der Waals surface area (Å²) in [6.45, 7) is 2.80. The van der Waals surface area contributed by atoms with Gasteiger partial charge in [0.25, 0.3) is 0 Å². The number of aliphatic hydroxyl groups excluding tert-OH is 1. The Kier molecular flexibility index (Phi) is 8.82. The van der Waals surface area contributed by atoms with E-state index in [-0.39, 0.29) is 6.04 Å². The van der Waals surface area contributed by atoms with Crippen LogP contribution in [0.25, 0.3) is 0 Å². The Morgan fingerprint density at radius 1 is 0.862 bits per heavy atom. The van der Waals surface area contributed by atoms with Crippen molar-refractivity contribution < 1.29 is 9.84 Å². The molecule has 0 aliphatic heterocycles. The van der Waals surface area contributed by atoms with E-state index < -0.39 is 6.10 Å². The van der Waals surface area contributed by atoms with Gasteiger partial charge >= 0.3 is 0 Å². The van der Waals surface area contributed by atoms with Gasteiger partial charge in [-0.25, -0.2) is 0 Å². The van der Waals surface area contributed by atoms with Crippen LogP contribution in [0.3, 0.4) is 0 Å². The maximum absolute atomic E-state index is 10.1. The first-order valence-electron chi connectivity index (χ1n) is 10.0. The van der Waals surface area contributed by atoms with Gasteiger partial charge in [0.05, 0.1) is 25.4 Å². The van der Waals surface area contributed by atoms with Crippen molar-refractivity contribution in [2.45, 2.75) is 18.8 Å². The van der Waals surface area contributed by atoms with Crippen LogP contribution in [0.5, 0.6) is 0 Å². The number of rotatable bonds is 12. The summed E-state index contributed by atoms with van der Waals surface area (Å²) in [5, 5.41) is 17.0. The zero-order valence-electron chi connectivity index (χ0n) is 16.6. The minimum Gasteiger partial charge on any atom is -0.389 e. The molecule has 0 fully saturated rings. The summed E-state index contributed by atoms with van der Waals surface area (Å²) in [5.41, 5.74) is 3.48. The van der Waals surface area contributed by atoms with Crippen molar-refractivity contribution in [3.8, 4) is 0 Å². The van der Waals surface area contributed by atoms with E-state index >= 15 is 0 Å². The van der Waals surface area contributed by atoms with E-state index in [1.807, 2.05) is 24.3 Å². The molecule has 2 aromatic carbocycles. The predicted molar refractivity (Wildman–Crippen MR) is 115 cm³/mol. The van der Waals surface area contributed by atoms with Crippen LogP contribution >= 0.6 is 0 Å². The average Bonchev–Trinajstić information content (AvgIpc) is 2.78. The van der Waals surface area contributed by atoms with Crippen LogP contribution in [-0.4, -0.2) is 42.4 Å². The first kappa shape index (κ1) is 21.1. The highest BCUT2D eigenvalue weighted by Crippen LogP contribution is 2.21. The average molecular weight is 392 g/mol. The summed E-state index contributed by atoms with van der Waals surface area (Å²) in [7, 11) is 0. The van der Waals surface area contributed by atoms with Crippen molar-refractivity contribution in [2.75, 3.05) is 26.2 Å². The number of aliphatic hydroxyl groups is 1. The Hall–Kier alpha value is -2.57. The number of ether oxygens (including phenoxy) is 1. The molecule has 0 amide bonds. The van der Waals surface area contributed by atoms with Gasteiger partial charge in [-0.1, -0.05) is 66.7 Å². The summed E-state index contributed by atoms with van der Waals surface area (Å²) in [6.07, 6.45) is 2.97. The normalized spacial score (nSPS) is 12.2. The van der Waals surface area contributed by atoms with Crippen LogP contribution < -0.4 is 10.6 Å². The molecule has 152 valence electrons. The Morgan fingerprint density at radius 2 is 1.55 bits per heavy atom. The minimum absolute atomic E-state index is 0.145. The first-order chi connectivity index (χ1) is 14.3. The van der Waals surface area contributed by atoms with Crippen LogP contribution in [-0.2, 0) is 11.3 Å². The van der Waals surface area contributed by atoms with Gasteiger partial charge in [0.2, 0.25) is 0 Å². The second kappa shape index (κ2) is 12.1.